The predicted octanol–water partition coefficient (Wildman–Crippen LogP) is 3.82. The third kappa shape index (κ3) is 2.53. The van der Waals surface area contributed by atoms with Crippen LogP contribution in [0.15, 0.2) is 42.5 Å². The van der Waals surface area contributed by atoms with E-state index in [1.807, 2.05) is 0 Å². The third-order valence-corrected chi connectivity index (χ3v) is 2.85. The normalized spacial score (nSPS) is 10.2. The Balaban J connectivity index is 2.71. The summed E-state index contributed by atoms with van der Waals surface area (Å²) < 4.78 is 0. The third-order valence-electron chi connectivity index (χ3n) is 2.54. The summed E-state index contributed by atoms with van der Waals surface area (Å²) in [6.07, 6.45) is 0. The first-order valence-corrected chi connectivity index (χ1v) is 5.56. The van der Waals surface area contributed by atoms with Crippen LogP contribution in [0.2, 0.25) is 5.02 Å². The minimum absolute atomic E-state index is 0.130. The molecule has 19 heavy (non-hydrogen) atoms. The molecule has 0 radical (unpaired) electrons. The molecule has 0 N–H and O–H groups in total. The fourth-order valence-electron chi connectivity index (χ4n) is 1.69. The van der Waals surface area contributed by atoms with Crippen molar-refractivity contribution in [3.05, 3.63) is 67.7 Å². The van der Waals surface area contributed by atoms with Gasteiger partial charge in [-0.3, -0.25) is 20.2 Å². The van der Waals surface area contributed by atoms with E-state index in [-0.39, 0.29) is 16.3 Å². The van der Waals surface area contributed by atoms with Crippen molar-refractivity contribution in [3.63, 3.8) is 0 Å². The molecule has 0 bridgehead atoms. The topological polar surface area (TPSA) is 86.3 Å². The molecule has 0 saturated heterocycles. The number of hydrogen-bond acceptors (Lipinski definition) is 4. The Morgan fingerprint density at radius 1 is 0.895 bits per heavy atom. The highest BCUT2D eigenvalue weighted by molar-refractivity contribution is 6.33. The van der Waals surface area contributed by atoms with Crippen LogP contribution in [0.1, 0.15) is 0 Å². The number of rotatable bonds is 3. The van der Waals surface area contributed by atoms with Gasteiger partial charge in [-0.2, -0.15) is 0 Å². The van der Waals surface area contributed by atoms with Gasteiger partial charge in [0, 0.05) is 0 Å². The summed E-state index contributed by atoms with van der Waals surface area (Å²) in [7, 11) is 0. The molecular formula is C12H7ClN2O4. The zero-order valence-corrected chi connectivity index (χ0v) is 10.2. The first-order valence-electron chi connectivity index (χ1n) is 5.18. The second-order valence-corrected chi connectivity index (χ2v) is 4.11. The molecule has 0 spiro atoms. The summed E-state index contributed by atoms with van der Waals surface area (Å²) in [6.45, 7) is 0. The largest absolute Gasteiger partial charge is 0.294 e. The van der Waals surface area contributed by atoms with Crippen LogP contribution in [0.3, 0.4) is 0 Å². The Labute approximate surface area is 112 Å². The zero-order chi connectivity index (χ0) is 14.0. The molecule has 0 amide bonds. The van der Waals surface area contributed by atoms with E-state index in [2.05, 4.69) is 0 Å². The minimum atomic E-state index is -0.746. The summed E-state index contributed by atoms with van der Waals surface area (Å²) in [5.74, 6) is 0. The van der Waals surface area contributed by atoms with Crippen molar-refractivity contribution in [3.8, 4) is 11.1 Å². The van der Waals surface area contributed by atoms with E-state index in [0.717, 1.165) is 6.07 Å². The van der Waals surface area contributed by atoms with Gasteiger partial charge in [0.2, 0.25) is 0 Å². The Bertz CT molecular complexity index is 658. The number of benzene rings is 2. The number of nitro groups is 2. The lowest BCUT2D eigenvalue weighted by Gasteiger charge is -2.04. The quantitative estimate of drug-likeness (QED) is 0.631. The fraction of sp³-hybridized carbons (Fsp3) is 0. The van der Waals surface area contributed by atoms with E-state index in [1.54, 1.807) is 30.3 Å². The van der Waals surface area contributed by atoms with E-state index in [1.165, 1.54) is 6.07 Å². The van der Waals surface area contributed by atoms with Crippen LogP contribution in [0.25, 0.3) is 11.1 Å². The molecule has 0 aliphatic rings. The van der Waals surface area contributed by atoms with E-state index in [0.29, 0.717) is 5.56 Å². The van der Waals surface area contributed by atoms with Crippen LogP contribution < -0.4 is 0 Å². The molecule has 2 rings (SSSR count). The van der Waals surface area contributed by atoms with Gasteiger partial charge in [-0.25, -0.2) is 0 Å². The van der Waals surface area contributed by atoms with Gasteiger partial charge in [0.15, 0.2) is 0 Å². The standard InChI is InChI=1S/C12H7ClN2O4/c13-10-6-9(8-4-2-1-3-5-8)11(14(16)17)7-12(10)15(18)19/h1-7H. The van der Waals surface area contributed by atoms with Gasteiger partial charge in [-0.15, -0.1) is 0 Å². The number of nitrogens with zero attached hydrogens (tertiary/aromatic N) is 2. The fourth-order valence-corrected chi connectivity index (χ4v) is 1.92. The van der Waals surface area contributed by atoms with Crippen molar-refractivity contribution in [1.82, 2.24) is 0 Å². The summed E-state index contributed by atoms with van der Waals surface area (Å²) >= 11 is 5.79. The Morgan fingerprint density at radius 2 is 1.47 bits per heavy atom. The van der Waals surface area contributed by atoms with Crippen LogP contribution in [-0.4, -0.2) is 9.85 Å². The molecule has 0 atom stereocenters. The van der Waals surface area contributed by atoms with Crippen LogP contribution in [-0.2, 0) is 0 Å². The van der Waals surface area contributed by atoms with Gasteiger partial charge in [0.05, 0.1) is 21.5 Å². The Kier molecular flexibility index (Phi) is 3.43. The molecule has 96 valence electrons. The van der Waals surface area contributed by atoms with Crippen molar-refractivity contribution in [2.24, 2.45) is 0 Å². The van der Waals surface area contributed by atoms with Gasteiger partial charge >= 0.3 is 0 Å². The monoisotopic (exact) mass is 278 g/mol. The molecule has 6 nitrogen and oxygen atoms in total. The first-order chi connectivity index (χ1) is 9.00. The van der Waals surface area contributed by atoms with Gasteiger partial charge in [-0.05, 0) is 11.6 Å². The second kappa shape index (κ2) is 5.03. The zero-order valence-electron chi connectivity index (χ0n) is 9.45. The number of hydrogen-bond donors (Lipinski definition) is 0. The van der Waals surface area contributed by atoms with E-state index in [4.69, 9.17) is 11.6 Å². The highest BCUT2D eigenvalue weighted by Gasteiger charge is 2.24. The van der Waals surface area contributed by atoms with Crippen molar-refractivity contribution < 1.29 is 9.85 Å². The van der Waals surface area contributed by atoms with Crippen molar-refractivity contribution in [1.29, 1.82) is 0 Å². The lowest BCUT2D eigenvalue weighted by atomic mass is 10.0. The molecule has 2 aromatic carbocycles. The summed E-state index contributed by atoms with van der Waals surface area (Å²) in [6, 6.07) is 10.7. The number of nitro benzene ring substituents is 2. The van der Waals surface area contributed by atoms with Crippen molar-refractivity contribution in [2.45, 2.75) is 0 Å². The summed E-state index contributed by atoms with van der Waals surface area (Å²) in [5, 5.41) is 21.6. The molecular weight excluding hydrogens is 272 g/mol. The average Bonchev–Trinajstić information content (AvgIpc) is 2.38. The first kappa shape index (κ1) is 13.0. The molecule has 0 aliphatic carbocycles. The van der Waals surface area contributed by atoms with Crippen molar-refractivity contribution in [2.75, 3.05) is 0 Å². The number of halogens is 1. The van der Waals surface area contributed by atoms with Gasteiger partial charge in [-0.1, -0.05) is 41.9 Å². The minimum Gasteiger partial charge on any atom is -0.258 e. The highest BCUT2D eigenvalue weighted by atomic mass is 35.5. The molecule has 0 fully saturated rings. The SMILES string of the molecule is O=[N+]([O-])c1cc([N+](=O)[O-])c(-c2ccccc2)cc1Cl. The maximum atomic E-state index is 11.0. The van der Waals surface area contributed by atoms with Gasteiger partial charge < -0.3 is 0 Å². The molecule has 0 aromatic heterocycles. The lowest BCUT2D eigenvalue weighted by molar-refractivity contribution is -0.393. The smallest absolute Gasteiger partial charge is 0.258 e. The van der Waals surface area contributed by atoms with Crippen molar-refractivity contribution >= 4 is 23.0 Å². The van der Waals surface area contributed by atoms with Crippen LogP contribution >= 0.6 is 11.6 Å². The molecule has 0 aliphatic heterocycles. The Hall–Kier alpha value is -2.47. The predicted molar refractivity (Wildman–Crippen MR) is 70.2 cm³/mol. The average molecular weight is 279 g/mol. The lowest BCUT2D eigenvalue weighted by Crippen LogP contribution is -1.96. The molecule has 0 saturated carbocycles. The molecule has 0 heterocycles. The van der Waals surface area contributed by atoms with Gasteiger partial charge in [0.25, 0.3) is 11.4 Å². The van der Waals surface area contributed by atoms with E-state index < -0.39 is 15.5 Å². The summed E-state index contributed by atoms with van der Waals surface area (Å²) in [5.41, 5.74) is 0.00236. The second-order valence-electron chi connectivity index (χ2n) is 3.70. The maximum absolute atomic E-state index is 11.0. The van der Waals surface area contributed by atoms with E-state index >= 15 is 0 Å². The summed E-state index contributed by atoms with van der Waals surface area (Å²) in [4.78, 5) is 20.4. The van der Waals surface area contributed by atoms with E-state index in [9.17, 15) is 20.2 Å². The highest BCUT2D eigenvalue weighted by Crippen LogP contribution is 2.37. The maximum Gasteiger partial charge on any atom is 0.294 e. The van der Waals surface area contributed by atoms with Gasteiger partial charge in [0.1, 0.15) is 5.02 Å². The molecule has 2 aromatic rings. The van der Waals surface area contributed by atoms with Crippen LogP contribution in [0, 0.1) is 20.2 Å². The Morgan fingerprint density at radius 3 is 2.00 bits per heavy atom. The molecule has 0 unspecified atom stereocenters. The molecule has 7 heteroatoms. The van der Waals surface area contributed by atoms with Crippen LogP contribution in [0.4, 0.5) is 11.4 Å². The van der Waals surface area contributed by atoms with Crippen LogP contribution in [0.5, 0.6) is 0 Å².